The van der Waals surface area contributed by atoms with E-state index < -0.39 is 5.97 Å². The van der Waals surface area contributed by atoms with E-state index in [0.29, 0.717) is 23.7 Å². The maximum absolute atomic E-state index is 12.3. The van der Waals surface area contributed by atoms with Crippen molar-refractivity contribution in [2.24, 2.45) is 11.8 Å². The number of esters is 1. The number of hydrogen-bond donors (Lipinski definition) is 2. The first-order valence-corrected chi connectivity index (χ1v) is 8.32. The van der Waals surface area contributed by atoms with Gasteiger partial charge in [-0.15, -0.1) is 0 Å². The number of methoxy groups -OCH3 is 1. The van der Waals surface area contributed by atoms with E-state index in [2.05, 4.69) is 15.4 Å². The Morgan fingerprint density at radius 2 is 1.92 bits per heavy atom. The zero-order chi connectivity index (χ0) is 18.6. The van der Waals surface area contributed by atoms with Gasteiger partial charge in [0.1, 0.15) is 0 Å². The number of hydrogen-bond acceptors (Lipinski definition) is 5. The SMILES string of the molecule is COC(=O)c1ccc(Cl)c(NC(=O)C2CC2C(=O)NCCN(C)C)c1. The lowest BCUT2D eigenvalue weighted by molar-refractivity contribution is -0.125. The number of nitrogens with zero attached hydrogens (tertiary/aromatic N) is 1. The third-order valence-electron chi connectivity index (χ3n) is 3.97. The van der Waals surface area contributed by atoms with E-state index in [1.807, 2.05) is 19.0 Å². The molecule has 2 unspecified atom stereocenters. The number of ether oxygens (including phenoxy) is 1. The summed E-state index contributed by atoms with van der Waals surface area (Å²) in [4.78, 5) is 37.8. The van der Waals surface area contributed by atoms with Crippen LogP contribution in [0.25, 0.3) is 0 Å². The molecule has 136 valence electrons. The maximum Gasteiger partial charge on any atom is 0.337 e. The van der Waals surface area contributed by atoms with Crippen LogP contribution in [0.2, 0.25) is 5.02 Å². The molecule has 8 heteroatoms. The first-order valence-electron chi connectivity index (χ1n) is 7.94. The molecule has 2 N–H and O–H groups in total. The highest BCUT2D eigenvalue weighted by molar-refractivity contribution is 6.34. The Bertz CT molecular complexity index is 678. The molecule has 0 aromatic heterocycles. The van der Waals surface area contributed by atoms with Crippen molar-refractivity contribution in [1.82, 2.24) is 10.2 Å². The Labute approximate surface area is 151 Å². The molecule has 1 aliphatic rings. The molecule has 7 nitrogen and oxygen atoms in total. The van der Waals surface area contributed by atoms with E-state index in [0.717, 1.165) is 6.54 Å². The van der Waals surface area contributed by atoms with E-state index >= 15 is 0 Å². The molecular weight excluding hydrogens is 346 g/mol. The molecule has 0 bridgehead atoms. The summed E-state index contributed by atoms with van der Waals surface area (Å²) in [5, 5.41) is 5.82. The van der Waals surface area contributed by atoms with Gasteiger partial charge in [0.15, 0.2) is 0 Å². The number of halogens is 1. The van der Waals surface area contributed by atoms with Crippen LogP contribution < -0.4 is 10.6 Å². The quantitative estimate of drug-likeness (QED) is 0.711. The van der Waals surface area contributed by atoms with Gasteiger partial charge >= 0.3 is 5.97 Å². The van der Waals surface area contributed by atoms with Crippen LogP contribution in [-0.4, -0.2) is 57.0 Å². The molecule has 1 aromatic rings. The maximum atomic E-state index is 12.3. The summed E-state index contributed by atoms with van der Waals surface area (Å²) in [6.07, 6.45) is 0.508. The summed E-state index contributed by atoms with van der Waals surface area (Å²) >= 11 is 6.06. The zero-order valence-electron chi connectivity index (χ0n) is 14.5. The van der Waals surface area contributed by atoms with Gasteiger partial charge in [-0.05, 0) is 38.7 Å². The molecule has 1 aliphatic carbocycles. The Kier molecular flexibility index (Phi) is 6.39. The fourth-order valence-electron chi connectivity index (χ4n) is 2.40. The van der Waals surface area contributed by atoms with E-state index in [1.165, 1.54) is 25.3 Å². The molecule has 0 heterocycles. The number of rotatable bonds is 7. The number of benzene rings is 1. The van der Waals surface area contributed by atoms with Crippen LogP contribution in [0.4, 0.5) is 5.69 Å². The predicted molar refractivity (Wildman–Crippen MR) is 94.6 cm³/mol. The van der Waals surface area contributed by atoms with Gasteiger partial charge in [-0.2, -0.15) is 0 Å². The van der Waals surface area contributed by atoms with Crippen LogP contribution in [0.15, 0.2) is 18.2 Å². The zero-order valence-corrected chi connectivity index (χ0v) is 15.2. The molecule has 2 atom stereocenters. The van der Waals surface area contributed by atoms with Crippen molar-refractivity contribution in [1.29, 1.82) is 0 Å². The summed E-state index contributed by atoms with van der Waals surface area (Å²) in [6.45, 7) is 1.29. The van der Waals surface area contributed by atoms with E-state index in [1.54, 1.807) is 0 Å². The summed E-state index contributed by atoms with van der Waals surface area (Å²) in [5.41, 5.74) is 0.615. The normalized spacial score (nSPS) is 18.6. The second-order valence-corrected chi connectivity index (χ2v) is 6.63. The number of anilines is 1. The van der Waals surface area contributed by atoms with E-state index in [9.17, 15) is 14.4 Å². The molecule has 1 aromatic carbocycles. The summed E-state index contributed by atoms with van der Waals surface area (Å²) < 4.78 is 4.65. The molecule has 1 fully saturated rings. The average Bonchev–Trinajstić information content (AvgIpc) is 3.36. The average molecular weight is 368 g/mol. The fourth-order valence-corrected chi connectivity index (χ4v) is 2.56. The molecule has 25 heavy (non-hydrogen) atoms. The van der Waals surface area contributed by atoms with Gasteiger partial charge in [-0.25, -0.2) is 4.79 Å². The predicted octanol–water partition coefficient (Wildman–Crippen LogP) is 1.38. The summed E-state index contributed by atoms with van der Waals surface area (Å²) in [6, 6.07) is 4.49. The van der Waals surface area contributed by atoms with Gasteiger partial charge in [-0.3, -0.25) is 9.59 Å². The smallest absolute Gasteiger partial charge is 0.337 e. The number of nitrogens with one attached hydrogen (secondary N) is 2. The molecular formula is C17H22ClN3O4. The fraction of sp³-hybridized carbons (Fsp3) is 0.471. The Morgan fingerprint density at radius 1 is 1.24 bits per heavy atom. The number of carbonyl (C=O) groups excluding carboxylic acids is 3. The molecule has 2 rings (SSSR count). The van der Waals surface area contributed by atoms with Crippen molar-refractivity contribution in [3.8, 4) is 0 Å². The first-order chi connectivity index (χ1) is 11.8. The summed E-state index contributed by atoms with van der Waals surface area (Å²) in [5.74, 6) is -1.60. The molecule has 0 spiro atoms. The standard InChI is InChI=1S/C17H22ClN3O4/c1-21(2)7-6-19-15(22)11-9-12(11)16(23)20-14-8-10(17(24)25-3)4-5-13(14)18/h4-5,8,11-12H,6-7,9H2,1-3H3,(H,19,22)(H,20,23). The second-order valence-electron chi connectivity index (χ2n) is 6.22. The highest BCUT2D eigenvalue weighted by Crippen LogP contribution is 2.40. The van der Waals surface area contributed by atoms with Gasteiger partial charge in [0, 0.05) is 13.1 Å². The van der Waals surface area contributed by atoms with Crippen LogP contribution >= 0.6 is 11.6 Å². The van der Waals surface area contributed by atoms with Crippen LogP contribution in [0.3, 0.4) is 0 Å². The minimum absolute atomic E-state index is 0.114. The van der Waals surface area contributed by atoms with Crippen LogP contribution in [0, 0.1) is 11.8 Å². The van der Waals surface area contributed by atoms with Crippen LogP contribution in [0.5, 0.6) is 0 Å². The third-order valence-corrected chi connectivity index (χ3v) is 4.30. The van der Waals surface area contributed by atoms with E-state index in [-0.39, 0.29) is 29.2 Å². The van der Waals surface area contributed by atoms with Gasteiger partial charge in [0.2, 0.25) is 11.8 Å². The van der Waals surface area contributed by atoms with Gasteiger partial charge in [0.05, 0.1) is 35.2 Å². The van der Waals surface area contributed by atoms with Crippen LogP contribution in [-0.2, 0) is 14.3 Å². The highest BCUT2D eigenvalue weighted by Gasteiger charge is 2.48. The van der Waals surface area contributed by atoms with Crippen molar-refractivity contribution < 1.29 is 19.1 Å². The van der Waals surface area contributed by atoms with Crippen molar-refractivity contribution in [2.75, 3.05) is 39.6 Å². The van der Waals surface area contributed by atoms with Crippen molar-refractivity contribution in [3.05, 3.63) is 28.8 Å². The lowest BCUT2D eigenvalue weighted by atomic mass is 10.2. The first kappa shape index (κ1) is 19.2. The van der Waals surface area contributed by atoms with Gasteiger partial charge < -0.3 is 20.3 Å². The second kappa shape index (κ2) is 8.31. The van der Waals surface area contributed by atoms with Crippen molar-refractivity contribution in [2.45, 2.75) is 6.42 Å². The summed E-state index contributed by atoms with van der Waals surface area (Å²) in [7, 11) is 5.12. The van der Waals surface area contributed by atoms with Gasteiger partial charge in [0.25, 0.3) is 0 Å². The van der Waals surface area contributed by atoms with Crippen LogP contribution in [0.1, 0.15) is 16.8 Å². The topological polar surface area (TPSA) is 87.7 Å². The minimum atomic E-state index is -0.517. The van der Waals surface area contributed by atoms with Crippen molar-refractivity contribution in [3.63, 3.8) is 0 Å². The van der Waals surface area contributed by atoms with E-state index in [4.69, 9.17) is 11.6 Å². The third kappa shape index (κ3) is 5.17. The molecule has 1 saturated carbocycles. The highest BCUT2D eigenvalue weighted by atomic mass is 35.5. The number of amides is 2. The Morgan fingerprint density at radius 3 is 2.56 bits per heavy atom. The minimum Gasteiger partial charge on any atom is -0.465 e. The monoisotopic (exact) mass is 367 g/mol. The molecule has 0 aliphatic heterocycles. The Hall–Kier alpha value is -2.12. The van der Waals surface area contributed by atoms with Crippen molar-refractivity contribution >= 4 is 35.1 Å². The number of likely N-dealkylation sites (N-methyl/N-ethyl adjacent to an activating group) is 1. The molecule has 0 radical (unpaired) electrons. The lowest BCUT2D eigenvalue weighted by Gasteiger charge is -2.11. The molecule has 2 amide bonds. The van der Waals surface area contributed by atoms with Gasteiger partial charge in [-0.1, -0.05) is 11.6 Å². The lowest BCUT2D eigenvalue weighted by Crippen LogP contribution is -2.33. The number of carbonyl (C=O) groups is 3. The Balaban J connectivity index is 1.91. The largest absolute Gasteiger partial charge is 0.465 e. The molecule has 0 saturated heterocycles.